The average molecular weight is 425 g/mol. The van der Waals surface area contributed by atoms with Gasteiger partial charge in [0.1, 0.15) is 0 Å². The Kier molecular flexibility index (Phi) is 5.22. The summed E-state index contributed by atoms with van der Waals surface area (Å²) in [6.07, 6.45) is 1.80. The highest BCUT2D eigenvalue weighted by Gasteiger charge is 2.32. The van der Waals surface area contributed by atoms with Crippen molar-refractivity contribution in [2.24, 2.45) is 4.99 Å². The molecule has 0 amide bonds. The van der Waals surface area contributed by atoms with E-state index in [1.807, 2.05) is 42.5 Å². The van der Waals surface area contributed by atoms with Crippen molar-refractivity contribution in [1.29, 1.82) is 0 Å². The molecule has 0 fully saturated rings. The van der Waals surface area contributed by atoms with Crippen molar-refractivity contribution in [2.45, 2.75) is 13.0 Å². The number of methoxy groups -OCH3 is 1. The number of carbonyl (C=O) groups excluding carboxylic acids is 1. The number of fused-ring (bicyclic) bond motifs is 1. The zero-order valence-electron chi connectivity index (χ0n) is 15.8. The molecule has 146 valence electrons. The van der Waals surface area contributed by atoms with Gasteiger partial charge in [-0.05, 0) is 36.3 Å². The summed E-state index contributed by atoms with van der Waals surface area (Å²) in [7, 11) is 1.33. The van der Waals surface area contributed by atoms with E-state index in [9.17, 15) is 9.59 Å². The van der Waals surface area contributed by atoms with E-state index in [-0.39, 0.29) is 5.56 Å². The quantitative estimate of drug-likeness (QED) is 0.607. The maximum Gasteiger partial charge on any atom is 0.338 e. The number of thiazole rings is 1. The lowest BCUT2D eigenvalue weighted by atomic mass is 9.96. The molecule has 2 aromatic carbocycles. The van der Waals surface area contributed by atoms with Crippen LogP contribution in [0.4, 0.5) is 0 Å². The highest BCUT2D eigenvalue weighted by Crippen LogP contribution is 2.30. The second kappa shape index (κ2) is 7.81. The summed E-state index contributed by atoms with van der Waals surface area (Å²) in [6.45, 7) is 1.76. The molecule has 1 aliphatic rings. The molecule has 5 nitrogen and oxygen atoms in total. The topological polar surface area (TPSA) is 60.7 Å². The first-order valence-electron chi connectivity index (χ1n) is 8.91. The highest BCUT2D eigenvalue weighted by atomic mass is 35.5. The molecule has 0 spiro atoms. The molecule has 0 bridgehead atoms. The van der Waals surface area contributed by atoms with Crippen LogP contribution < -0.4 is 14.9 Å². The molecular formula is C22H17ClN2O3S. The fourth-order valence-electron chi connectivity index (χ4n) is 3.35. The summed E-state index contributed by atoms with van der Waals surface area (Å²) >= 11 is 7.24. The van der Waals surface area contributed by atoms with Crippen LogP contribution in [0, 0.1) is 0 Å². The molecule has 0 radical (unpaired) electrons. The van der Waals surface area contributed by atoms with E-state index in [1.165, 1.54) is 18.4 Å². The van der Waals surface area contributed by atoms with Gasteiger partial charge in [0, 0.05) is 5.02 Å². The Bertz CT molecular complexity index is 1290. The van der Waals surface area contributed by atoms with Gasteiger partial charge in [0.2, 0.25) is 0 Å². The van der Waals surface area contributed by atoms with Gasteiger partial charge >= 0.3 is 5.97 Å². The third-order valence-corrected chi connectivity index (χ3v) is 5.94. The zero-order chi connectivity index (χ0) is 20.5. The first-order chi connectivity index (χ1) is 14.0. The molecule has 7 heteroatoms. The first kappa shape index (κ1) is 19.4. The molecule has 0 saturated carbocycles. The first-order valence-corrected chi connectivity index (χ1v) is 10.1. The van der Waals surface area contributed by atoms with Crippen LogP contribution in [0.1, 0.15) is 24.1 Å². The van der Waals surface area contributed by atoms with Gasteiger partial charge in [-0.2, -0.15) is 0 Å². The van der Waals surface area contributed by atoms with Crippen LogP contribution in [0.15, 0.2) is 75.7 Å². The third-order valence-electron chi connectivity index (χ3n) is 4.71. The Morgan fingerprint density at radius 2 is 1.86 bits per heavy atom. The number of aromatic nitrogens is 1. The van der Waals surface area contributed by atoms with Crippen LogP contribution in [-0.4, -0.2) is 17.6 Å². The Morgan fingerprint density at radius 1 is 1.17 bits per heavy atom. The SMILES string of the molecule is COC(=O)C1=C(C)N=c2s/c(=C\c3ccc(Cl)cc3)c(=O)n2C1c1ccccc1. The van der Waals surface area contributed by atoms with E-state index in [0.29, 0.717) is 25.6 Å². The smallest absolute Gasteiger partial charge is 0.338 e. The Labute approximate surface area is 175 Å². The van der Waals surface area contributed by atoms with Crippen molar-refractivity contribution in [3.8, 4) is 0 Å². The standard InChI is InChI=1S/C22H17ClN2O3S/c1-13-18(21(27)28-2)19(15-6-4-3-5-7-15)25-20(26)17(29-22(25)24-13)12-14-8-10-16(23)11-9-14/h3-12,19H,1-2H3/b17-12-. The minimum Gasteiger partial charge on any atom is -0.466 e. The molecule has 1 aliphatic heterocycles. The van der Waals surface area contributed by atoms with E-state index >= 15 is 0 Å². The molecule has 29 heavy (non-hydrogen) atoms. The van der Waals surface area contributed by atoms with Crippen molar-refractivity contribution in [1.82, 2.24) is 4.57 Å². The molecule has 1 atom stereocenters. The molecule has 1 aromatic heterocycles. The number of hydrogen-bond donors (Lipinski definition) is 0. The highest BCUT2D eigenvalue weighted by molar-refractivity contribution is 7.07. The zero-order valence-corrected chi connectivity index (χ0v) is 17.3. The monoisotopic (exact) mass is 424 g/mol. The largest absolute Gasteiger partial charge is 0.466 e. The van der Waals surface area contributed by atoms with Gasteiger partial charge < -0.3 is 4.74 Å². The maximum atomic E-state index is 13.3. The normalized spacial score (nSPS) is 16.4. The number of allylic oxidation sites excluding steroid dienone is 1. The van der Waals surface area contributed by atoms with Crippen LogP contribution >= 0.6 is 22.9 Å². The van der Waals surface area contributed by atoms with Crippen LogP contribution in [0.3, 0.4) is 0 Å². The second-order valence-electron chi connectivity index (χ2n) is 6.54. The molecule has 0 aliphatic carbocycles. The van der Waals surface area contributed by atoms with Crippen LogP contribution in [0.2, 0.25) is 5.02 Å². The molecule has 2 heterocycles. The van der Waals surface area contributed by atoms with Crippen molar-refractivity contribution in [3.63, 3.8) is 0 Å². The van der Waals surface area contributed by atoms with E-state index in [4.69, 9.17) is 16.3 Å². The van der Waals surface area contributed by atoms with E-state index in [1.54, 1.807) is 29.7 Å². The minimum absolute atomic E-state index is 0.202. The third kappa shape index (κ3) is 3.57. The predicted molar refractivity (Wildman–Crippen MR) is 114 cm³/mol. The van der Waals surface area contributed by atoms with Gasteiger partial charge in [0.05, 0.1) is 29.0 Å². The molecule has 1 unspecified atom stereocenters. The summed E-state index contributed by atoms with van der Waals surface area (Å²) in [4.78, 5) is 30.9. The summed E-state index contributed by atoms with van der Waals surface area (Å²) in [6, 6.07) is 16.1. The molecule has 0 N–H and O–H groups in total. The Hall–Kier alpha value is -2.96. The van der Waals surface area contributed by atoms with Gasteiger partial charge in [-0.1, -0.05) is 65.4 Å². The van der Waals surface area contributed by atoms with Crippen LogP contribution in [0.5, 0.6) is 0 Å². The van der Waals surface area contributed by atoms with Gasteiger partial charge in [0.25, 0.3) is 5.56 Å². The van der Waals surface area contributed by atoms with E-state index in [2.05, 4.69) is 4.99 Å². The number of halogens is 1. The second-order valence-corrected chi connectivity index (χ2v) is 7.98. The number of ether oxygens (including phenoxy) is 1. The lowest BCUT2D eigenvalue weighted by Crippen LogP contribution is -2.39. The van der Waals surface area contributed by atoms with Crippen molar-refractivity contribution in [2.75, 3.05) is 7.11 Å². The number of carbonyl (C=O) groups is 1. The van der Waals surface area contributed by atoms with Gasteiger partial charge in [0.15, 0.2) is 4.80 Å². The fraction of sp³-hybridized carbons (Fsp3) is 0.136. The fourth-order valence-corrected chi connectivity index (χ4v) is 4.53. The minimum atomic E-state index is -0.590. The Morgan fingerprint density at radius 3 is 2.52 bits per heavy atom. The van der Waals surface area contributed by atoms with Gasteiger partial charge in [-0.15, -0.1) is 0 Å². The lowest BCUT2D eigenvalue weighted by Gasteiger charge is -2.24. The summed E-state index contributed by atoms with van der Waals surface area (Å²) < 4.78 is 7.10. The predicted octanol–water partition coefficient (Wildman–Crippen LogP) is 3.06. The van der Waals surface area contributed by atoms with Crippen molar-refractivity contribution < 1.29 is 9.53 Å². The summed E-state index contributed by atoms with van der Waals surface area (Å²) in [5.41, 5.74) is 2.39. The van der Waals surface area contributed by atoms with E-state index < -0.39 is 12.0 Å². The average Bonchev–Trinajstić information content (AvgIpc) is 3.03. The summed E-state index contributed by atoms with van der Waals surface area (Å²) in [5.74, 6) is -0.493. The maximum absolute atomic E-state index is 13.3. The summed E-state index contributed by atoms with van der Waals surface area (Å²) in [5, 5.41) is 0.631. The van der Waals surface area contributed by atoms with E-state index in [0.717, 1.165) is 11.1 Å². The van der Waals surface area contributed by atoms with Crippen LogP contribution in [0.25, 0.3) is 6.08 Å². The Balaban J connectivity index is 1.97. The lowest BCUT2D eigenvalue weighted by molar-refractivity contribution is -0.136. The van der Waals surface area contributed by atoms with Gasteiger partial charge in [-0.3, -0.25) is 9.36 Å². The number of hydrogen-bond acceptors (Lipinski definition) is 5. The molecule has 3 aromatic rings. The van der Waals surface area contributed by atoms with Crippen molar-refractivity contribution >= 4 is 35.0 Å². The van der Waals surface area contributed by atoms with Crippen molar-refractivity contribution in [3.05, 3.63) is 102 Å². The molecular weight excluding hydrogens is 408 g/mol. The number of esters is 1. The molecule has 0 saturated heterocycles. The van der Waals surface area contributed by atoms with Crippen LogP contribution in [-0.2, 0) is 9.53 Å². The number of benzene rings is 2. The number of rotatable bonds is 3. The number of nitrogens with zero attached hydrogens (tertiary/aromatic N) is 2. The molecule has 4 rings (SSSR count). The van der Waals surface area contributed by atoms with Gasteiger partial charge in [-0.25, -0.2) is 9.79 Å².